The third-order valence-electron chi connectivity index (χ3n) is 4.83. The molecule has 26 heavy (non-hydrogen) atoms. The predicted molar refractivity (Wildman–Crippen MR) is 108 cm³/mol. The molecule has 4 heteroatoms. The average Bonchev–Trinajstić information content (AvgIpc) is 2.83. The molecule has 0 radical (unpaired) electrons. The molecule has 0 saturated carbocycles. The van der Waals surface area contributed by atoms with Crippen molar-refractivity contribution in [1.29, 1.82) is 0 Å². The second kappa shape index (κ2) is 7.21. The molecule has 4 rings (SSSR count). The zero-order valence-electron chi connectivity index (χ0n) is 14.8. The summed E-state index contributed by atoms with van der Waals surface area (Å²) in [6.07, 6.45) is 3.44. The van der Waals surface area contributed by atoms with Gasteiger partial charge >= 0.3 is 0 Å². The van der Waals surface area contributed by atoms with Crippen LogP contribution in [0, 0.1) is 0 Å². The monoisotopic (exact) mass is 386 g/mol. The van der Waals surface area contributed by atoms with E-state index in [1.165, 1.54) is 0 Å². The highest BCUT2D eigenvalue weighted by atomic mass is 35.5. The summed E-state index contributed by atoms with van der Waals surface area (Å²) < 4.78 is 12.0. The Morgan fingerprint density at radius 2 is 1.15 bits per heavy atom. The maximum absolute atomic E-state index is 6.68. The summed E-state index contributed by atoms with van der Waals surface area (Å²) in [5, 5.41) is 1.37. The van der Waals surface area contributed by atoms with Gasteiger partial charge in [-0.15, -0.1) is 0 Å². The SMILES string of the molecule is CCO[C@@H]1C(Cl)=Cc2cccc3c2-c2c(cccc21)C=C(Cl)[C@H]3OCC. The molecule has 2 aliphatic rings. The summed E-state index contributed by atoms with van der Waals surface area (Å²) in [4.78, 5) is 0. The molecule has 0 aromatic heterocycles. The zero-order valence-corrected chi connectivity index (χ0v) is 16.3. The van der Waals surface area contributed by atoms with Crippen LogP contribution < -0.4 is 0 Å². The van der Waals surface area contributed by atoms with Crippen LogP contribution >= 0.6 is 23.2 Å². The zero-order chi connectivity index (χ0) is 18.3. The summed E-state index contributed by atoms with van der Waals surface area (Å²) in [6, 6.07) is 12.4. The summed E-state index contributed by atoms with van der Waals surface area (Å²) in [5.41, 5.74) is 6.51. The molecule has 0 bridgehead atoms. The van der Waals surface area contributed by atoms with Crippen molar-refractivity contribution in [3.63, 3.8) is 0 Å². The van der Waals surface area contributed by atoms with E-state index in [2.05, 4.69) is 24.3 Å². The molecule has 0 aliphatic heterocycles. The van der Waals surface area contributed by atoms with Crippen molar-refractivity contribution in [2.24, 2.45) is 0 Å². The van der Waals surface area contributed by atoms with Crippen LogP contribution in [0.15, 0.2) is 46.5 Å². The van der Waals surface area contributed by atoms with E-state index in [-0.39, 0.29) is 12.2 Å². The van der Waals surface area contributed by atoms with Gasteiger partial charge in [0.25, 0.3) is 0 Å². The molecular formula is C22H20Cl2O2. The molecule has 0 spiro atoms. The molecule has 0 saturated heterocycles. The highest BCUT2D eigenvalue weighted by Crippen LogP contribution is 2.50. The van der Waals surface area contributed by atoms with E-state index in [9.17, 15) is 0 Å². The highest BCUT2D eigenvalue weighted by molar-refractivity contribution is 6.33. The normalized spacial score (nSPS) is 20.6. The van der Waals surface area contributed by atoms with Gasteiger partial charge in [0.2, 0.25) is 0 Å². The largest absolute Gasteiger partial charge is 0.368 e. The average molecular weight is 387 g/mol. The Balaban J connectivity index is 2.09. The fourth-order valence-corrected chi connectivity index (χ4v) is 4.45. The Hall–Kier alpha value is -1.58. The van der Waals surface area contributed by atoms with E-state index in [4.69, 9.17) is 32.7 Å². The summed E-state index contributed by atoms with van der Waals surface area (Å²) >= 11 is 13.4. The van der Waals surface area contributed by atoms with Gasteiger partial charge in [0.1, 0.15) is 12.2 Å². The number of hydrogen-bond acceptors (Lipinski definition) is 2. The molecule has 0 N–H and O–H groups in total. The minimum Gasteiger partial charge on any atom is -0.368 e. The summed E-state index contributed by atoms with van der Waals surface area (Å²) in [6.45, 7) is 5.13. The van der Waals surface area contributed by atoms with Crippen LogP contribution in [0.5, 0.6) is 0 Å². The van der Waals surface area contributed by atoms with Crippen LogP contribution in [0.4, 0.5) is 0 Å². The lowest BCUT2D eigenvalue weighted by atomic mass is 9.88. The predicted octanol–water partition coefficient (Wildman–Crippen LogP) is 6.70. The van der Waals surface area contributed by atoms with E-state index < -0.39 is 0 Å². The molecule has 2 nitrogen and oxygen atoms in total. The molecule has 2 atom stereocenters. The maximum Gasteiger partial charge on any atom is 0.119 e. The molecule has 2 aromatic rings. The quantitative estimate of drug-likeness (QED) is 0.582. The Morgan fingerprint density at radius 1 is 0.731 bits per heavy atom. The number of ether oxygens (including phenoxy) is 2. The fraction of sp³-hybridized carbons (Fsp3) is 0.273. The molecular weight excluding hydrogens is 367 g/mol. The lowest BCUT2D eigenvalue weighted by Crippen LogP contribution is -2.07. The van der Waals surface area contributed by atoms with Crippen molar-refractivity contribution in [3.8, 4) is 11.1 Å². The first-order valence-electron chi connectivity index (χ1n) is 8.89. The minimum absolute atomic E-state index is 0.285. The number of hydrogen-bond donors (Lipinski definition) is 0. The number of rotatable bonds is 4. The molecule has 0 amide bonds. The van der Waals surface area contributed by atoms with Crippen LogP contribution in [0.2, 0.25) is 0 Å². The Labute approximate surface area is 164 Å². The second-order valence-electron chi connectivity index (χ2n) is 6.35. The van der Waals surface area contributed by atoms with Crippen LogP contribution in [-0.2, 0) is 9.47 Å². The van der Waals surface area contributed by atoms with Gasteiger partial charge in [-0.2, -0.15) is 0 Å². The first-order valence-corrected chi connectivity index (χ1v) is 9.64. The topological polar surface area (TPSA) is 18.5 Å². The molecule has 0 heterocycles. The van der Waals surface area contributed by atoms with Crippen LogP contribution in [0.3, 0.4) is 0 Å². The van der Waals surface area contributed by atoms with Crippen LogP contribution in [0.25, 0.3) is 23.3 Å². The Morgan fingerprint density at radius 3 is 1.54 bits per heavy atom. The lowest BCUT2D eigenvalue weighted by Gasteiger charge is -2.22. The smallest absolute Gasteiger partial charge is 0.119 e. The van der Waals surface area contributed by atoms with E-state index >= 15 is 0 Å². The van der Waals surface area contributed by atoms with E-state index in [0.29, 0.717) is 23.3 Å². The Bertz CT molecular complexity index is 839. The third kappa shape index (κ3) is 2.82. The van der Waals surface area contributed by atoms with Crippen molar-refractivity contribution in [2.45, 2.75) is 26.1 Å². The second-order valence-corrected chi connectivity index (χ2v) is 7.23. The van der Waals surface area contributed by atoms with Crippen molar-refractivity contribution in [3.05, 3.63) is 68.7 Å². The molecule has 0 unspecified atom stereocenters. The summed E-state index contributed by atoms with van der Waals surface area (Å²) in [5.74, 6) is 0. The van der Waals surface area contributed by atoms with Crippen molar-refractivity contribution >= 4 is 35.4 Å². The van der Waals surface area contributed by atoms with Gasteiger partial charge in [-0.05, 0) is 59.4 Å². The maximum atomic E-state index is 6.68. The van der Waals surface area contributed by atoms with Gasteiger partial charge < -0.3 is 9.47 Å². The van der Waals surface area contributed by atoms with Gasteiger partial charge in [-0.3, -0.25) is 0 Å². The van der Waals surface area contributed by atoms with Gasteiger partial charge in [-0.25, -0.2) is 0 Å². The third-order valence-corrected chi connectivity index (χ3v) is 5.44. The fourth-order valence-electron chi connectivity index (χ4n) is 3.85. The minimum atomic E-state index is -0.285. The number of benzene rings is 2. The molecule has 2 aliphatic carbocycles. The van der Waals surface area contributed by atoms with E-state index in [1.54, 1.807) is 0 Å². The van der Waals surface area contributed by atoms with Gasteiger partial charge in [-0.1, -0.05) is 59.6 Å². The van der Waals surface area contributed by atoms with Gasteiger partial charge in [0.15, 0.2) is 0 Å². The van der Waals surface area contributed by atoms with E-state index in [1.807, 2.05) is 38.1 Å². The lowest BCUT2D eigenvalue weighted by molar-refractivity contribution is 0.0939. The van der Waals surface area contributed by atoms with Gasteiger partial charge in [0, 0.05) is 13.2 Å². The van der Waals surface area contributed by atoms with E-state index in [0.717, 1.165) is 33.4 Å². The van der Waals surface area contributed by atoms with Crippen molar-refractivity contribution in [1.82, 2.24) is 0 Å². The first-order chi connectivity index (χ1) is 12.7. The van der Waals surface area contributed by atoms with Crippen LogP contribution in [-0.4, -0.2) is 13.2 Å². The number of halogens is 2. The van der Waals surface area contributed by atoms with Crippen molar-refractivity contribution in [2.75, 3.05) is 13.2 Å². The molecule has 134 valence electrons. The highest BCUT2D eigenvalue weighted by Gasteiger charge is 2.32. The molecule has 0 fully saturated rings. The van der Waals surface area contributed by atoms with Gasteiger partial charge in [0.05, 0.1) is 10.1 Å². The van der Waals surface area contributed by atoms with Crippen LogP contribution in [0.1, 0.15) is 48.3 Å². The standard InChI is InChI=1S/C22H20Cl2O2/c1-3-25-21-15-9-5-7-14-12-18(24)22(26-4-2)16-10-6-8-13(11-17(21)23)20(16)19(14)15/h5-12,21-22H,3-4H2,1-2H3/t21-,22-/m0/s1. The Kier molecular flexibility index (Phi) is 4.94. The molecule has 2 aromatic carbocycles. The van der Waals surface area contributed by atoms with Crippen molar-refractivity contribution < 1.29 is 9.47 Å². The first kappa shape index (κ1) is 17.8. The summed E-state index contributed by atoms with van der Waals surface area (Å²) in [7, 11) is 0.